The van der Waals surface area contributed by atoms with Gasteiger partial charge in [0.25, 0.3) is 0 Å². The first-order chi connectivity index (χ1) is 10.0. The molecular weight excluding hydrogens is 288 g/mol. The van der Waals surface area contributed by atoms with Crippen molar-refractivity contribution in [2.45, 2.75) is 30.3 Å². The highest BCUT2D eigenvalue weighted by atomic mass is 32.2. The summed E-state index contributed by atoms with van der Waals surface area (Å²) >= 11 is 0. The molecule has 1 aliphatic heterocycles. The summed E-state index contributed by atoms with van der Waals surface area (Å²) in [5, 5.41) is 0. The van der Waals surface area contributed by atoms with Gasteiger partial charge in [-0.05, 0) is 37.6 Å². The van der Waals surface area contributed by atoms with Gasteiger partial charge in [-0.2, -0.15) is 0 Å². The third-order valence-electron chi connectivity index (χ3n) is 4.05. The second kappa shape index (κ2) is 7.35. The Balaban J connectivity index is 1.93. The molecule has 5 nitrogen and oxygen atoms in total. The number of hydrogen-bond donors (Lipinski definition) is 1. The van der Waals surface area contributed by atoms with Crippen LogP contribution >= 0.6 is 0 Å². The van der Waals surface area contributed by atoms with E-state index in [-0.39, 0.29) is 5.75 Å². The highest BCUT2D eigenvalue weighted by Gasteiger charge is 2.21. The zero-order valence-electron chi connectivity index (χ0n) is 12.5. The summed E-state index contributed by atoms with van der Waals surface area (Å²) < 4.78 is 30.0. The number of sulfone groups is 1. The van der Waals surface area contributed by atoms with Gasteiger partial charge in [-0.15, -0.1) is 0 Å². The van der Waals surface area contributed by atoms with Crippen molar-refractivity contribution >= 4 is 9.84 Å². The predicted molar refractivity (Wildman–Crippen MR) is 82.9 cm³/mol. The summed E-state index contributed by atoms with van der Waals surface area (Å²) in [6.45, 7) is 2.50. The molecule has 0 radical (unpaired) electrons. The minimum absolute atomic E-state index is 0.142. The van der Waals surface area contributed by atoms with Gasteiger partial charge in [0.05, 0.1) is 10.6 Å². The average Bonchev–Trinajstić information content (AvgIpc) is 2.53. The Labute approximate surface area is 127 Å². The molecule has 118 valence electrons. The van der Waals surface area contributed by atoms with Crippen LogP contribution in [0.5, 0.6) is 0 Å². The molecule has 21 heavy (non-hydrogen) atoms. The molecule has 0 unspecified atom stereocenters. The minimum Gasteiger partial charge on any atom is -0.381 e. The first-order valence-corrected chi connectivity index (χ1v) is 8.98. The third kappa shape index (κ3) is 4.51. The molecule has 0 aromatic heterocycles. The first kappa shape index (κ1) is 16.4. The van der Waals surface area contributed by atoms with E-state index in [1.807, 2.05) is 7.05 Å². The molecule has 0 spiro atoms. The van der Waals surface area contributed by atoms with Gasteiger partial charge in [0.15, 0.2) is 9.84 Å². The van der Waals surface area contributed by atoms with E-state index in [1.54, 1.807) is 24.3 Å². The molecule has 1 heterocycles. The Kier molecular flexibility index (Phi) is 5.75. The summed E-state index contributed by atoms with van der Waals surface area (Å²) in [6, 6.07) is 7.26. The van der Waals surface area contributed by atoms with Gasteiger partial charge in [-0.3, -0.25) is 0 Å². The Morgan fingerprint density at radius 1 is 1.24 bits per heavy atom. The molecule has 1 aromatic carbocycles. The van der Waals surface area contributed by atoms with Crippen molar-refractivity contribution in [3.05, 3.63) is 29.8 Å². The van der Waals surface area contributed by atoms with Crippen molar-refractivity contribution in [1.29, 1.82) is 0 Å². The summed E-state index contributed by atoms with van der Waals surface area (Å²) in [4.78, 5) is 2.51. The lowest BCUT2D eigenvalue weighted by Gasteiger charge is -2.31. The van der Waals surface area contributed by atoms with E-state index in [0.29, 0.717) is 24.0 Å². The fraction of sp³-hybridized carbons (Fsp3) is 0.600. The molecule has 0 aliphatic carbocycles. The summed E-state index contributed by atoms with van der Waals surface area (Å²) in [5.74, 6) is 0.142. The van der Waals surface area contributed by atoms with E-state index in [1.165, 1.54) is 0 Å². The van der Waals surface area contributed by atoms with Crippen LogP contribution < -0.4 is 5.73 Å². The molecule has 0 amide bonds. The monoisotopic (exact) mass is 312 g/mol. The summed E-state index contributed by atoms with van der Waals surface area (Å²) in [5.41, 5.74) is 6.46. The Morgan fingerprint density at radius 3 is 2.43 bits per heavy atom. The van der Waals surface area contributed by atoms with Crippen LogP contribution in [0.4, 0.5) is 0 Å². The lowest BCUT2D eigenvalue weighted by Crippen LogP contribution is -2.39. The zero-order chi connectivity index (χ0) is 15.3. The van der Waals surface area contributed by atoms with Gasteiger partial charge in [-0.25, -0.2) is 8.42 Å². The van der Waals surface area contributed by atoms with Crippen LogP contribution in [0.15, 0.2) is 29.2 Å². The van der Waals surface area contributed by atoms with E-state index in [0.717, 1.165) is 31.6 Å². The molecule has 1 aliphatic rings. The number of rotatable bonds is 6. The predicted octanol–water partition coefficient (Wildman–Crippen LogP) is 1.03. The molecule has 0 saturated carbocycles. The summed E-state index contributed by atoms with van der Waals surface area (Å²) in [7, 11) is -1.24. The molecule has 1 fully saturated rings. The van der Waals surface area contributed by atoms with Crippen LogP contribution in [0.2, 0.25) is 0 Å². The van der Waals surface area contributed by atoms with E-state index >= 15 is 0 Å². The van der Waals surface area contributed by atoms with Crippen molar-refractivity contribution in [2.24, 2.45) is 5.73 Å². The normalized spacial score (nSPS) is 17.3. The lowest BCUT2D eigenvalue weighted by molar-refractivity contribution is 0.0449. The van der Waals surface area contributed by atoms with Crippen molar-refractivity contribution in [3.8, 4) is 0 Å². The highest BCUT2D eigenvalue weighted by Crippen LogP contribution is 2.15. The van der Waals surface area contributed by atoms with Crippen molar-refractivity contribution in [2.75, 3.05) is 32.6 Å². The Morgan fingerprint density at radius 2 is 1.86 bits per heavy atom. The van der Waals surface area contributed by atoms with Gasteiger partial charge in [-0.1, -0.05) is 12.1 Å². The van der Waals surface area contributed by atoms with Crippen molar-refractivity contribution < 1.29 is 13.2 Å². The molecule has 0 bridgehead atoms. The number of nitrogens with two attached hydrogens (primary N) is 1. The molecule has 1 aromatic rings. The topological polar surface area (TPSA) is 72.6 Å². The van der Waals surface area contributed by atoms with Gasteiger partial charge in [0, 0.05) is 32.3 Å². The maximum atomic E-state index is 12.3. The fourth-order valence-corrected chi connectivity index (χ4v) is 3.84. The Bertz CT molecular complexity index is 537. The molecular formula is C15H24N2O3S. The average molecular weight is 312 g/mol. The largest absolute Gasteiger partial charge is 0.381 e. The van der Waals surface area contributed by atoms with Crippen LogP contribution in [-0.2, 0) is 21.1 Å². The maximum absolute atomic E-state index is 12.3. The minimum atomic E-state index is -3.23. The smallest absolute Gasteiger partial charge is 0.179 e. The van der Waals surface area contributed by atoms with E-state index in [2.05, 4.69) is 4.90 Å². The molecule has 1 saturated heterocycles. The molecule has 6 heteroatoms. The third-order valence-corrected chi connectivity index (χ3v) is 5.76. The maximum Gasteiger partial charge on any atom is 0.179 e. The number of hydrogen-bond acceptors (Lipinski definition) is 5. The van der Waals surface area contributed by atoms with Gasteiger partial charge >= 0.3 is 0 Å². The second-order valence-electron chi connectivity index (χ2n) is 5.49. The van der Waals surface area contributed by atoms with Crippen molar-refractivity contribution in [1.82, 2.24) is 4.90 Å². The quantitative estimate of drug-likeness (QED) is 0.849. The second-order valence-corrected chi connectivity index (χ2v) is 7.60. The molecule has 0 atom stereocenters. The van der Waals surface area contributed by atoms with Crippen LogP contribution in [-0.4, -0.2) is 51.9 Å². The SMILES string of the molecule is CN(CCS(=O)(=O)c1ccc(CN)cc1)C1CCOCC1. The van der Waals surface area contributed by atoms with E-state index in [4.69, 9.17) is 10.5 Å². The zero-order valence-corrected chi connectivity index (χ0v) is 13.3. The molecule has 2 N–H and O–H groups in total. The Hall–Kier alpha value is -0.950. The van der Waals surface area contributed by atoms with Gasteiger partial charge < -0.3 is 15.4 Å². The number of benzene rings is 1. The molecule has 2 rings (SSSR count). The van der Waals surface area contributed by atoms with E-state index in [9.17, 15) is 8.42 Å². The van der Waals surface area contributed by atoms with Crippen molar-refractivity contribution in [3.63, 3.8) is 0 Å². The highest BCUT2D eigenvalue weighted by molar-refractivity contribution is 7.91. The fourth-order valence-electron chi connectivity index (χ4n) is 2.52. The van der Waals surface area contributed by atoms with Crippen LogP contribution in [0.3, 0.4) is 0 Å². The van der Waals surface area contributed by atoms with Gasteiger partial charge in [0.1, 0.15) is 0 Å². The van der Waals surface area contributed by atoms with Crippen LogP contribution in [0, 0.1) is 0 Å². The number of nitrogens with zero attached hydrogens (tertiary/aromatic N) is 1. The first-order valence-electron chi connectivity index (χ1n) is 7.32. The van der Waals surface area contributed by atoms with Crippen LogP contribution in [0.25, 0.3) is 0 Å². The lowest BCUT2D eigenvalue weighted by atomic mass is 10.1. The van der Waals surface area contributed by atoms with Gasteiger partial charge in [0.2, 0.25) is 0 Å². The standard InChI is InChI=1S/C15H24N2O3S/c1-17(14-6-9-20-10-7-14)8-11-21(18,19)15-4-2-13(12-16)3-5-15/h2-5,14H,6-12,16H2,1H3. The number of ether oxygens (including phenoxy) is 1. The van der Waals surface area contributed by atoms with E-state index < -0.39 is 9.84 Å². The van der Waals surface area contributed by atoms with Crippen LogP contribution in [0.1, 0.15) is 18.4 Å². The summed E-state index contributed by atoms with van der Waals surface area (Å²) in [6.07, 6.45) is 1.95.